The van der Waals surface area contributed by atoms with Gasteiger partial charge in [0.25, 0.3) is 0 Å². The molecule has 0 nitrogen and oxygen atoms in total. The first kappa shape index (κ1) is 12.0. The van der Waals surface area contributed by atoms with Crippen LogP contribution < -0.4 is 0 Å². The number of halogens is 3. The first-order valence-corrected chi connectivity index (χ1v) is 6.02. The molecule has 0 atom stereocenters. The van der Waals surface area contributed by atoms with E-state index in [1.54, 1.807) is 12.1 Å². The van der Waals surface area contributed by atoms with Gasteiger partial charge in [0.2, 0.25) is 0 Å². The van der Waals surface area contributed by atoms with Crippen LogP contribution in [0.3, 0.4) is 0 Å². The molecule has 96 valence electrons. The predicted octanol–water partition coefficient (Wildman–Crippen LogP) is 4.94. The molecule has 0 unspecified atom stereocenters. The van der Waals surface area contributed by atoms with Gasteiger partial charge in [-0.1, -0.05) is 48.6 Å². The van der Waals surface area contributed by atoms with Gasteiger partial charge in [0, 0.05) is 0 Å². The zero-order valence-electron chi connectivity index (χ0n) is 10.0. The molecule has 1 aliphatic carbocycles. The molecule has 2 aromatic carbocycles. The van der Waals surface area contributed by atoms with Crippen molar-refractivity contribution in [2.45, 2.75) is 12.6 Å². The molecule has 0 aromatic heterocycles. The molecule has 0 heterocycles. The molecule has 3 heteroatoms. The minimum absolute atomic E-state index is 0.249. The molecule has 0 amide bonds. The quantitative estimate of drug-likeness (QED) is 0.681. The van der Waals surface area contributed by atoms with E-state index in [0.717, 1.165) is 23.6 Å². The van der Waals surface area contributed by atoms with E-state index in [-0.39, 0.29) is 5.56 Å². The second kappa shape index (κ2) is 4.26. The largest absolute Gasteiger partial charge is 0.417 e. The SMILES string of the molecule is FC(F)(F)c1ccccc1-c1cccc2c1C=CC2. The molecular weight excluding hydrogens is 249 g/mol. The molecule has 0 aliphatic heterocycles. The summed E-state index contributed by atoms with van der Waals surface area (Å²) in [5.74, 6) is 0. The summed E-state index contributed by atoms with van der Waals surface area (Å²) in [6.45, 7) is 0. The van der Waals surface area contributed by atoms with Crippen molar-refractivity contribution < 1.29 is 13.2 Å². The lowest BCUT2D eigenvalue weighted by Crippen LogP contribution is -2.07. The molecule has 19 heavy (non-hydrogen) atoms. The van der Waals surface area contributed by atoms with Crippen LogP contribution in [0.4, 0.5) is 13.2 Å². The summed E-state index contributed by atoms with van der Waals surface area (Å²) < 4.78 is 39.2. The van der Waals surface area contributed by atoms with Crippen LogP contribution >= 0.6 is 0 Å². The van der Waals surface area contributed by atoms with Crippen LogP contribution in [-0.2, 0) is 12.6 Å². The van der Waals surface area contributed by atoms with Crippen LogP contribution in [0.5, 0.6) is 0 Å². The fourth-order valence-corrected chi connectivity index (χ4v) is 2.49. The Hall–Kier alpha value is -2.03. The maximum absolute atomic E-state index is 13.1. The molecule has 0 saturated heterocycles. The number of fused-ring (bicyclic) bond motifs is 1. The van der Waals surface area contributed by atoms with Gasteiger partial charge in [-0.3, -0.25) is 0 Å². The topological polar surface area (TPSA) is 0 Å². The second-order valence-electron chi connectivity index (χ2n) is 4.53. The molecule has 0 radical (unpaired) electrons. The number of alkyl halides is 3. The molecule has 0 spiro atoms. The van der Waals surface area contributed by atoms with Crippen LogP contribution in [-0.4, -0.2) is 0 Å². The van der Waals surface area contributed by atoms with Crippen LogP contribution in [0.25, 0.3) is 17.2 Å². The summed E-state index contributed by atoms with van der Waals surface area (Å²) >= 11 is 0. The first-order chi connectivity index (χ1) is 9.07. The minimum atomic E-state index is -4.33. The smallest absolute Gasteiger partial charge is 0.166 e. The van der Waals surface area contributed by atoms with Gasteiger partial charge in [0.1, 0.15) is 0 Å². The van der Waals surface area contributed by atoms with E-state index < -0.39 is 11.7 Å². The molecular formula is C16H11F3. The van der Waals surface area contributed by atoms with Crippen LogP contribution in [0.15, 0.2) is 48.5 Å². The Morgan fingerprint density at radius 3 is 2.37 bits per heavy atom. The predicted molar refractivity (Wildman–Crippen MR) is 69.6 cm³/mol. The highest BCUT2D eigenvalue weighted by atomic mass is 19.4. The average molecular weight is 260 g/mol. The van der Waals surface area contributed by atoms with Gasteiger partial charge < -0.3 is 0 Å². The van der Waals surface area contributed by atoms with Crippen molar-refractivity contribution in [1.82, 2.24) is 0 Å². The highest BCUT2D eigenvalue weighted by Crippen LogP contribution is 2.39. The van der Waals surface area contributed by atoms with Crippen molar-refractivity contribution in [3.63, 3.8) is 0 Å². The Balaban J connectivity index is 2.24. The van der Waals surface area contributed by atoms with Gasteiger partial charge in [-0.25, -0.2) is 0 Å². The Bertz CT molecular complexity index is 651. The molecule has 0 N–H and O–H groups in total. The summed E-state index contributed by atoms with van der Waals surface area (Å²) in [7, 11) is 0. The van der Waals surface area contributed by atoms with Gasteiger partial charge in [-0.05, 0) is 34.7 Å². The van der Waals surface area contributed by atoms with E-state index >= 15 is 0 Å². The van der Waals surface area contributed by atoms with Crippen molar-refractivity contribution in [1.29, 1.82) is 0 Å². The standard InChI is InChI=1S/C16H11F3/c17-16(18,19)15-10-2-1-7-14(15)13-9-4-6-11-5-3-8-12(11)13/h1-4,6-10H,5H2. The van der Waals surface area contributed by atoms with Crippen molar-refractivity contribution in [3.05, 3.63) is 65.2 Å². The second-order valence-corrected chi connectivity index (χ2v) is 4.53. The van der Waals surface area contributed by atoms with Gasteiger partial charge in [0.15, 0.2) is 0 Å². The number of hydrogen-bond acceptors (Lipinski definition) is 0. The summed E-state index contributed by atoms with van der Waals surface area (Å²) in [4.78, 5) is 0. The molecule has 3 rings (SSSR count). The van der Waals surface area contributed by atoms with E-state index in [1.165, 1.54) is 12.1 Å². The highest BCUT2D eigenvalue weighted by molar-refractivity contribution is 5.81. The van der Waals surface area contributed by atoms with E-state index in [0.29, 0.717) is 5.56 Å². The molecule has 2 aromatic rings. The number of hydrogen-bond donors (Lipinski definition) is 0. The van der Waals surface area contributed by atoms with Crippen LogP contribution in [0, 0.1) is 0 Å². The van der Waals surface area contributed by atoms with Crippen LogP contribution in [0.1, 0.15) is 16.7 Å². The first-order valence-electron chi connectivity index (χ1n) is 6.02. The lowest BCUT2D eigenvalue weighted by atomic mass is 9.93. The normalized spacial score (nSPS) is 13.6. The maximum Gasteiger partial charge on any atom is 0.417 e. The monoisotopic (exact) mass is 260 g/mol. The number of rotatable bonds is 1. The summed E-state index contributed by atoms with van der Waals surface area (Å²) in [6, 6.07) is 11.2. The van der Waals surface area contributed by atoms with Crippen molar-refractivity contribution in [3.8, 4) is 11.1 Å². The Morgan fingerprint density at radius 1 is 0.842 bits per heavy atom. The third-order valence-electron chi connectivity index (χ3n) is 3.34. The summed E-state index contributed by atoms with van der Waals surface area (Å²) in [5.41, 5.74) is 2.30. The van der Waals surface area contributed by atoms with Gasteiger partial charge in [-0.2, -0.15) is 13.2 Å². The highest BCUT2D eigenvalue weighted by Gasteiger charge is 2.33. The number of allylic oxidation sites excluding steroid dienone is 1. The van der Waals surface area contributed by atoms with Gasteiger partial charge in [0.05, 0.1) is 5.56 Å². The Kier molecular flexibility index (Phi) is 2.70. The fraction of sp³-hybridized carbons (Fsp3) is 0.125. The third-order valence-corrected chi connectivity index (χ3v) is 3.34. The molecule has 0 fully saturated rings. The summed E-state index contributed by atoms with van der Waals surface area (Å²) in [5, 5.41) is 0. The van der Waals surface area contributed by atoms with Crippen molar-refractivity contribution >= 4 is 6.08 Å². The van der Waals surface area contributed by atoms with Crippen molar-refractivity contribution in [2.75, 3.05) is 0 Å². The molecule has 1 aliphatic rings. The lowest BCUT2D eigenvalue weighted by molar-refractivity contribution is -0.137. The lowest BCUT2D eigenvalue weighted by Gasteiger charge is -2.15. The van der Waals surface area contributed by atoms with Crippen molar-refractivity contribution in [2.24, 2.45) is 0 Å². The molecule has 0 saturated carbocycles. The fourth-order valence-electron chi connectivity index (χ4n) is 2.49. The zero-order valence-corrected chi connectivity index (χ0v) is 10.0. The van der Waals surface area contributed by atoms with Gasteiger partial charge in [-0.15, -0.1) is 0 Å². The average Bonchev–Trinajstić information content (AvgIpc) is 2.85. The van der Waals surface area contributed by atoms with Gasteiger partial charge >= 0.3 is 6.18 Å². The van der Waals surface area contributed by atoms with E-state index in [4.69, 9.17) is 0 Å². The van der Waals surface area contributed by atoms with E-state index in [1.807, 2.05) is 24.3 Å². The maximum atomic E-state index is 13.1. The third kappa shape index (κ3) is 2.05. The van der Waals surface area contributed by atoms with E-state index in [2.05, 4.69) is 0 Å². The number of benzene rings is 2. The van der Waals surface area contributed by atoms with E-state index in [9.17, 15) is 13.2 Å². The summed E-state index contributed by atoms with van der Waals surface area (Å²) in [6.07, 6.45) is 0.335. The van der Waals surface area contributed by atoms with Crippen LogP contribution in [0.2, 0.25) is 0 Å². The Morgan fingerprint density at radius 2 is 1.58 bits per heavy atom. The zero-order chi connectivity index (χ0) is 13.5. The minimum Gasteiger partial charge on any atom is -0.166 e. The Labute approximate surface area is 109 Å². The molecule has 0 bridgehead atoms.